The van der Waals surface area contributed by atoms with E-state index in [1.54, 1.807) is 48.1 Å². The van der Waals surface area contributed by atoms with Crippen LogP contribution in [0.2, 0.25) is 0 Å². The van der Waals surface area contributed by atoms with E-state index in [0.29, 0.717) is 25.2 Å². The van der Waals surface area contributed by atoms with Crippen LogP contribution in [0.5, 0.6) is 0 Å². The Labute approximate surface area is 163 Å². The van der Waals surface area contributed by atoms with Crippen molar-refractivity contribution in [1.29, 1.82) is 0 Å². The van der Waals surface area contributed by atoms with E-state index in [1.807, 2.05) is 0 Å². The second-order valence-corrected chi connectivity index (χ2v) is 7.11. The highest BCUT2D eigenvalue weighted by molar-refractivity contribution is 5.91. The van der Waals surface area contributed by atoms with Gasteiger partial charge in [-0.3, -0.25) is 9.48 Å². The molecule has 1 N–H and O–H groups in total. The van der Waals surface area contributed by atoms with Gasteiger partial charge < -0.3 is 15.1 Å². The maximum atomic E-state index is 13.8. The fourth-order valence-corrected chi connectivity index (χ4v) is 3.33. The number of carbonyl (C=O) groups is 2. The van der Waals surface area contributed by atoms with E-state index in [-0.39, 0.29) is 23.7 Å². The van der Waals surface area contributed by atoms with Crippen molar-refractivity contribution in [3.05, 3.63) is 42.0 Å². The third-order valence-electron chi connectivity index (χ3n) is 4.86. The molecular formula is C19H25FN6O2. The summed E-state index contributed by atoms with van der Waals surface area (Å²) in [5.74, 6) is -0.653. The number of hydrogen-bond acceptors (Lipinski definition) is 4. The monoisotopic (exact) mass is 388 g/mol. The number of likely N-dealkylation sites (tertiary alicyclic amines) is 1. The molecule has 0 spiro atoms. The maximum absolute atomic E-state index is 13.8. The minimum absolute atomic E-state index is 0.0257. The van der Waals surface area contributed by atoms with Gasteiger partial charge in [0.1, 0.15) is 5.82 Å². The number of anilines is 1. The Morgan fingerprint density at radius 2 is 2.07 bits per heavy atom. The third-order valence-corrected chi connectivity index (χ3v) is 4.86. The summed E-state index contributed by atoms with van der Waals surface area (Å²) in [6.07, 6.45) is 5.14. The van der Waals surface area contributed by atoms with Gasteiger partial charge in [0.05, 0.1) is 11.9 Å². The molecule has 0 aliphatic carbocycles. The number of halogens is 1. The molecular weight excluding hydrogens is 363 g/mol. The predicted octanol–water partition coefficient (Wildman–Crippen LogP) is 2.60. The summed E-state index contributed by atoms with van der Waals surface area (Å²) in [7, 11) is 3.32. The summed E-state index contributed by atoms with van der Waals surface area (Å²) >= 11 is 0. The molecule has 1 aromatic carbocycles. The van der Waals surface area contributed by atoms with E-state index in [4.69, 9.17) is 0 Å². The molecule has 1 aromatic heterocycles. The lowest BCUT2D eigenvalue weighted by Crippen LogP contribution is -2.46. The largest absolute Gasteiger partial charge is 0.343 e. The number of nitrogens with zero attached hydrogens (tertiary/aromatic N) is 5. The van der Waals surface area contributed by atoms with Crippen LogP contribution in [0.3, 0.4) is 0 Å². The summed E-state index contributed by atoms with van der Waals surface area (Å²) < 4.78 is 15.4. The highest BCUT2D eigenvalue weighted by atomic mass is 19.1. The number of aromatic nitrogens is 3. The lowest BCUT2D eigenvalue weighted by molar-refractivity contribution is 0.0822. The first-order valence-corrected chi connectivity index (χ1v) is 9.39. The summed E-state index contributed by atoms with van der Waals surface area (Å²) in [5.41, 5.74) is 0.475. The normalized spacial score (nSPS) is 16.7. The predicted molar refractivity (Wildman–Crippen MR) is 102 cm³/mol. The molecule has 1 unspecified atom stereocenters. The number of rotatable bonds is 5. The molecule has 1 saturated heterocycles. The van der Waals surface area contributed by atoms with Gasteiger partial charge in [-0.2, -0.15) is 0 Å². The number of urea groups is 1. The topological polar surface area (TPSA) is 83.4 Å². The molecule has 0 radical (unpaired) electrons. The van der Waals surface area contributed by atoms with Crippen LogP contribution in [-0.4, -0.2) is 63.4 Å². The van der Waals surface area contributed by atoms with Gasteiger partial charge in [0.15, 0.2) is 5.69 Å². The fraction of sp³-hybridized carbons (Fsp3) is 0.474. The van der Waals surface area contributed by atoms with E-state index >= 15 is 0 Å². The van der Waals surface area contributed by atoms with E-state index in [0.717, 1.165) is 19.3 Å². The molecule has 3 amide bonds. The number of aryl methyl sites for hydroxylation is 1. The van der Waals surface area contributed by atoms with Crippen LogP contribution in [0, 0.1) is 5.82 Å². The van der Waals surface area contributed by atoms with Crippen LogP contribution in [0.4, 0.5) is 14.9 Å². The number of amides is 3. The number of carbonyl (C=O) groups excluding carboxylic acids is 2. The van der Waals surface area contributed by atoms with Crippen molar-refractivity contribution < 1.29 is 14.0 Å². The summed E-state index contributed by atoms with van der Waals surface area (Å²) in [5, 5.41) is 10.6. The first kappa shape index (κ1) is 19.8. The molecule has 1 fully saturated rings. The Hall–Kier alpha value is -2.97. The van der Waals surface area contributed by atoms with Crippen LogP contribution < -0.4 is 5.32 Å². The van der Waals surface area contributed by atoms with Gasteiger partial charge in [-0.15, -0.1) is 5.10 Å². The fourth-order valence-electron chi connectivity index (χ4n) is 3.33. The third kappa shape index (κ3) is 4.65. The Bertz CT molecular complexity index is 837. The van der Waals surface area contributed by atoms with Gasteiger partial charge in [0, 0.05) is 33.2 Å². The van der Waals surface area contributed by atoms with Crippen molar-refractivity contribution in [2.75, 3.05) is 26.0 Å². The molecule has 9 heteroatoms. The van der Waals surface area contributed by atoms with Crippen LogP contribution in [0.25, 0.3) is 0 Å². The van der Waals surface area contributed by atoms with Crippen LogP contribution >= 0.6 is 0 Å². The highest BCUT2D eigenvalue weighted by Crippen LogP contribution is 2.22. The standard InChI is InChI=1S/C19H25FN6O2/c1-24(2)18(27)17-13-25(23-22-17)12-10-14-7-5-6-11-26(14)19(28)21-16-9-4-3-8-15(16)20/h3-4,8-9,13-14H,5-7,10-12H2,1-2H3,(H,21,28). The van der Waals surface area contributed by atoms with Gasteiger partial charge in [0.2, 0.25) is 0 Å². The Kier molecular flexibility index (Phi) is 6.23. The molecule has 150 valence electrons. The summed E-state index contributed by atoms with van der Waals surface area (Å²) in [4.78, 5) is 27.8. The minimum Gasteiger partial charge on any atom is -0.343 e. The average Bonchev–Trinajstić information content (AvgIpc) is 3.16. The maximum Gasteiger partial charge on any atom is 0.322 e. The molecule has 1 aliphatic heterocycles. The highest BCUT2D eigenvalue weighted by Gasteiger charge is 2.27. The molecule has 1 atom stereocenters. The number of piperidine rings is 1. The van der Waals surface area contributed by atoms with Gasteiger partial charge in [0.25, 0.3) is 5.91 Å². The Morgan fingerprint density at radius 1 is 1.29 bits per heavy atom. The van der Waals surface area contributed by atoms with Crippen LogP contribution in [0.1, 0.15) is 36.2 Å². The smallest absolute Gasteiger partial charge is 0.322 e. The SMILES string of the molecule is CN(C)C(=O)c1cn(CCC2CCCCN2C(=O)Nc2ccccc2F)nn1. The quantitative estimate of drug-likeness (QED) is 0.853. The van der Waals surface area contributed by atoms with E-state index in [9.17, 15) is 14.0 Å². The first-order valence-electron chi connectivity index (χ1n) is 9.39. The van der Waals surface area contributed by atoms with Gasteiger partial charge in [-0.1, -0.05) is 17.3 Å². The number of para-hydroxylation sites is 1. The minimum atomic E-state index is -0.454. The van der Waals surface area contributed by atoms with Crippen molar-refractivity contribution in [1.82, 2.24) is 24.8 Å². The molecule has 3 rings (SSSR count). The van der Waals surface area contributed by atoms with Crippen LogP contribution in [-0.2, 0) is 6.54 Å². The number of nitrogens with one attached hydrogen (secondary N) is 1. The van der Waals surface area contributed by atoms with Crippen molar-refractivity contribution >= 4 is 17.6 Å². The van der Waals surface area contributed by atoms with Gasteiger partial charge in [-0.05, 0) is 37.8 Å². The van der Waals surface area contributed by atoms with Crippen molar-refractivity contribution in [2.24, 2.45) is 0 Å². The zero-order valence-corrected chi connectivity index (χ0v) is 16.1. The number of benzene rings is 1. The van der Waals surface area contributed by atoms with Crippen molar-refractivity contribution in [2.45, 2.75) is 38.3 Å². The molecule has 28 heavy (non-hydrogen) atoms. The second kappa shape index (κ2) is 8.81. The van der Waals surface area contributed by atoms with E-state index < -0.39 is 5.82 Å². The molecule has 8 nitrogen and oxygen atoms in total. The zero-order valence-electron chi connectivity index (χ0n) is 16.1. The van der Waals surface area contributed by atoms with Crippen LogP contribution in [0.15, 0.2) is 30.5 Å². The molecule has 2 heterocycles. The molecule has 2 aromatic rings. The lowest BCUT2D eigenvalue weighted by Gasteiger charge is -2.35. The average molecular weight is 388 g/mol. The number of hydrogen-bond donors (Lipinski definition) is 1. The van der Waals surface area contributed by atoms with Gasteiger partial charge >= 0.3 is 6.03 Å². The van der Waals surface area contributed by atoms with Crippen molar-refractivity contribution in [3.63, 3.8) is 0 Å². The van der Waals surface area contributed by atoms with E-state index in [2.05, 4.69) is 15.6 Å². The Morgan fingerprint density at radius 3 is 2.82 bits per heavy atom. The van der Waals surface area contributed by atoms with Crippen molar-refractivity contribution in [3.8, 4) is 0 Å². The summed E-state index contributed by atoms with van der Waals surface area (Å²) in [6.45, 7) is 1.18. The molecule has 0 bridgehead atoms. The lowest BCUT2D eigenvalue weighted by atomic mass is 10.00. The summed E-state index contributed by atoms with van der Waals surface area (Å²) in [6, 6.07) is 5.87. The Balaban J connectivity index is 1.61. The van der Waals surface area contributed by atoms with Gasteiger partial charge in [-0.25, -0.2) is 9.18 Å². The van der Waals surface area contributed by atoms with E-state index in [1.165, 1.54) is 11.0 Å². The molecule has 1 aliphatic rings. The molecule has 0 saturated carbocycles. The second-order valence-electron chi connectivity index (χ2n) is 7.11. The first-order chi connectivity index (χ1) is 13.5. The zero-order chi connectivity index (χ0) is 20.1.